The molecule has 0 radical (unpaired) electrons. The standard InChI is InChI=1S/C12H15N3O/c16-11-6-7-13-12-10(11)8-14-15(12)9-4-2-1-3-5-9/h7-9H,1-6H2. The zero-order valence-corrected chi connectivity index (χ0v) is 9.22. The van der Waals surface area contributed by atoms with Crippen molar-refractivity contribution in [2.24, 2.45) is 4.99 Å². The second-order valence-corrected chi connectivity index (χ2v) is 4.56. The van der Waals surface area contributed by atoms with E-state index >= 15 is 0 Å². The van der Waals surface area contributed by atoms with E-state index in [2.05, 4.69) is 10.1 Å². The van der Waals surface area contributed by atoms with Crippen molar-refractivity contribution in [3.63, 3.8) is 0 Å². The van der Waals surface area contributed by atoms with Crippen molar-refractivity contribution in [1.29, 1.82) is 0 Å². The molecule has 1 saturated carbocycles. The van der Waals surface area contributed by atoms with E-state index in [9.17, 15) is 4.79 Å². The van der Waals surface area contributed by atoms with Crippen LogP contribution in [0.4, 0.5) is 5.82 Å². The third-order valence-corrected chi connectivity index (χ3v) is 3.48. The van der Waals surface area contributed by atoms with Crippen molar-refractivity contribution in [1.82, 2.24) is 9.78 Å². The van der Waals surface area contributed by atoms with E-state index in [4.69, 9.17) is 0 Å². The molecule has 0 amide bonds. The molecule has 4 heteroatoms. The number of aromatic nitrogens is 2. The van der Waals surface area contributed by atoms with Gasteiger partial charge in [-0.15, -0.1) is 0 Å². The summed E-state index contributed by atoms with van der Waals surface area (Å²) in [5, 5.41) is 4.35. The van der Waals surface area contributed by atoms with Gasteiger partial charge in [0.2, 0.25) is 0 Å². The van der Waals surface area contributed by atoms with Crippen molar-refractivity contribution in [2.45, 2.75) is 44.6 Å². The molecule has 1 fully saturated rings. The van der Waals surface area contributed by atoms with Gasteiger partial charge >= 0.3 is 0 Å². The molecule has 0 atom stereocenters. The third-order valence-electron chi connectivity index (χ3n) is 3.48. The predicted molar refractivity (Wildman–Crippen MR) is 61.4 cm³/mol. The maximum absolute atomic E-state index is 11.6. The van der Waals surface area contributed by atoms with Crippen LogP contribution < -0.4 is 0 Å². The van der Waals surface area contributed by atoms with Crippen molar-refractivity contribution >= 4 is 17.8 Å². The number of carbonyl (C=O) groups excluding carboxylic acids is 1. The van der Waals surface area contributed by atoms with Crippen molar-refractivity contribution in [2.75, 3.05) is 0 Å². The second kappa shape index (κ2) is 3.85. The molecule has 1 aromatic heterocycles. The van der Waals surface area contributed by atoms with Gasteiger partial charge in [-0.1, -0.05) is 19.3 Å². The fraction of sp³-hybridized carbons (Fsp3) is 0.583. The molecule has 84 valence electrons. The highest BCUT2D eigenvalue weighted by atomic mass is 16.1. The lowest BCUT2D eigenvalue weighted by molar-refractivity contribution is 0.100. The Morgan fingerprint density at radius 1 is 1.25 bits per heavy atom. The first-order valence-electron chi connectivity index (χ1n) is 5.99. The highest BCUT2D eigenvalue weighted by Gasteiger charge is 2.24. The summed E-state index contributed by atoms with van der Waals surface area (Å²) in [6.45, 7) is 0. The second-order valence-electron chi connectivity index (χ2n) is 4.56. The van der Waals surface area contributed by atoms with Crippen LogP contribution in [0.2, 0.25) is 0 Å². The molecule has 0 N–H and O–H groups in total. The number of hydrogen-bond acceptors (Lipinski definition) is 3. The first kappa shape index (κ1) is 9.75. The van der Waals surface area contributed by atoms with Crippen molar-refractivity contribution < 1.29 is 4.79 Å². The lowest BCUT2D eigenvalue weighted by atomic mass is 9.95. The van der Waals surface area contributed by atoms with Gasteiger partial charge in [0.15, 0.2) is 11.6 Å². The molecule has 16 heavy (non-hydrogen) atoms. The fourth-order valence-electron chi connectivity index (χ4n) is 2.60. The first-order valence-corrected chi connectivity index (χ1v) is 5.99. The van der Waals surface area contributed by atoms with Crippen LogP contribution in [0.25, 0.3) is 0 Å². The Kier molecular flexibility index (Phi) is 2.35. The molecule has 3 rings (SSSR count). The van der Waals surface area contributed by atoms with Gasteiger partial charge in [-0.2, -0.15) is 5.10 Å². The first-order chi connectivity index (χ1) is 7.86. The average Bonchev–Trinajstić information content (AvgIpc) is 2.75. The summed E-state index contributed by atoms with van der Waals surface area (Å²) < 4.78 is 1.96. The van der Waals surface area contributed by atoms with E-state index in [1.807, 2.05) is 4.68 Å². The van der Waals surface area contributed by atoms with E-state index in [0.717, 1.165) is 18.7 Å². The van der Waals surface area contributed by atoms with Crippen LogP contribution in [-0.2, 0) is 0 Å². The van der Waals surface area contributed by atoms with Gasteiger partial charge in [0, 0.05) is 12.6 Å². The van der Waals surface area contributed by atoms with Gasteiger partial charge in [-0.3, -0.25) is 4.79 Å². The molecule has 0 spiro atoms. The summed E-state index contributed by atoms with van der Waals surface area (Å²) in [5.74, 6) is 0.926. The van der Waals surface area contributed by atoms with Gasteiger partial charge < -0.3 is 0 Å². The number of Topliss-reactive ketones (excluding diaryl/α,β-unsaturated/α-hetero) is 1. The van der Waals surface area contributed by atoms with Gasteiger partial charge in [0.05, 0.1) is 17.8 Å². The summed E-state index contributed by atoms with van der Waals surface area (Å²) in [6.07, 6.45) is 9.98. The largest absolute Gasteiger partial charge is 0.294 e. The summed E-state index contributed by atoms with van der Waals surface area (Å²) in [7, 11) is 0. The number of aliphatic imine (C=N–C) groups is 1. The van der Waals surface area contributed by atoms with Crippen LogP contribution in [0.5, 0.6) is 0 Å². The predicted octanol–water partition coefficient (Wildman–Crippen LogP) is 2.68. The molecule has 0 unspecified atom stereocenters. The number of nitrogens with zero attached hydrogens (tertiary/aromatic N) is 3. The Labute approximate surface area is 94.4 Å². The van der Waals surface area contributed by atoms with E-state index in [1.54, 1.807) is 12.4 Å². The smallest absolute Gasteiger partial charge is 0.173 e. The maximum Gasteiger partial charge on any atom is 0.173 e. The molecule has 0 aromatic carbocycles. The molecule has 4 nitrogen and oxygen atoms in total. The lowest BCUT2D eigenvalue weighted by Crippen LogP contribution is -2.14. The number of rotatable bonds is 1. The zero-order chi connectivity index (χ0) is 11.0. The number of carbonyl (C=O) groups is 1. The summed E-state index contributed by atoms with van der Waals surface area (Å²) in [4.78, 5) is 16.0. The molecule has 2 heterocycles. The molecular formula is C12H15N3O. The Balaban J connectivity index is 1.97. The van der Waals surface area contributed by atoms with Gasteiger partial charge in [-0.25, -0.2) is 9.67 Å². The average molecular weight is 217 g/mol. The van der Waals surface area contributed by atoms with Gasteiger partial charge in [0.1, 0.15) is 0 Å². The monoisotopic (exact) mass is 217 g/mol. The van der Waals surface area contributed by atoms with Crippen LogP contribution >= 0.6 is 0 Å². The summed E-state index contributed by atoms with van der Waals surface area (Å²) in [5.41, 5.74) is 0.702. The Bertz CT molecular complexity index is 441. The fourth-order valence-corrected chi connectivity index (χ4v) is 2.60. The number of hydrogen-bond donors (Lipinski definition) is 0. The van der Waals surface area contributed by atoms with Crippen LogP contribution in [0, 0.1) is 0 Å². The molecular weight excluding hydrogens is 202 g/mol. The van der Waals surface area contributed by atoms with Gasteiger partial charge in [-0.05, 0) is 12.8 Å². The SMILES string of the molecule is O=C1CC=Nc2c1cnn2C1CCCCC1. The van der Waals surface area contributed by atoms with Crippen molar-refractivity contribution in [3.05, 3.63) is 11.8 Å². The minimum Gasteiger partial charge on any atom is -0.294 e. The third kappa shape index (κ3) is 1.49. The highest BCUT2D eigenvalue weighted by Crippen LogP contribution is 2.33. The lowest BCUT2D eigenvalue weighted by Gasteiger charge is -2.23. The minimum atomic E-state index is 0.145. The van der Waals surface area contributed by atoms with E-state index in [-0.39, 0.29) is 5.78 Å². The quantitative estimate of drug-likeness (QED) is 0.726. The van der Waals surface area contributed by atoms with E-state index in [1.165, 1.54) is 19.3 Å². The molecule has 1 aliphatic heterocycles. The topological polar surface area (TPSA) is 47.2 Å². The van der Waals surface area contributed by atoms with Crippen LogP contribution in [0.3, 0.4) is 0 Å². The highest BCUT2D eigenvalue weighted by molar-refractivity contribution is 6.09. The van der Waals surface area contributed by atoms with E-state index in [0.29, 0.717) is 18.0 Å². The van der Waals surface area contributed by atoms with Crippen molar-refractivity contribution in [3.8, 4) is 0 Å². The van der Waals surface area contributed by atoms with Crippen LogP contribution in [-0.4, -0.2) is 21.8 Å². The van der Waals surface area contributed by atoms with Crippen LogP contribution in [0.1, 0.15) is 54.9 Å². The Morgan fingerprint density at radius 2 is 2.06 bits per heavy atom. The minimum absolute atomic E-state index is 0.145. The molecule has 0 saturated heterocycles. The van der Waals surface area contributed by atoms with E-state index < -0.39 is 0 Å². The molecule has 1 aliphatic carbocycles. The number of fused-ring (bicyclic) bond motifs is 1. The molecule has 2 aliphatic rings. The zero-order valence-electron chi connectivity index (χ0n) is 9.22. The summed E-state index contributed by atoms with van der Waals surface area (Å²) in [6, 6.07) is 0.445. The summed E-state index contributed by atoms with van der Waals surface area (Å²) >= 11 is 0. The molecule has 1 aromatic rings. The Hall–Kier alpha value is -1.45. The van der Waals surface area contributed by atoms with Gasteiger partial charge in [0.25, 0.3) is 0 Å². The number of ketones is 1. The molecule has 0 bridgehead atoms. The maximum atomic E-state index is 11.6. The van der Waals surface area contributed by atoms with Crippen LogP contribution in [0.15, 0.2) is 11.2 Å². The Morgan fingerprint density at radius 3 is 2.88 bits per heavy atom. The normalized spacial score (nSPS) is 21.1.